The molecule has 128 valence electrons. The monoisotopic (exact) mass is 335 g/mol. The third-order valence-corrected chi connectivity index (χ3v) is 5.29. The second-order valence-electron chi connectivity index (χ2n) is 6.59. The molecular formula is C14H25NO6S. The summed E-state index contributed by atoms with van der Waals surface area (Å²) < 4.78 is 33.2. The second-order valence-corrected chi connectivity index (χ2v) is 8.81. The minimum atomic E-state index is -3.14. The predicted octanol–water partition coefficient (Wildman–Crippen LogP) is 1.13. The molecule has 0 bridgehead atoms. The molecule has 1 saturated heterocycles. The number of esters is 1. The summed E-state index contributed by atoms with van der Waals surface area (Å²) in [7, 11) is -1.87. The molecule has 1 fully saturated rings. The summed E-state index contributed by atoms with van der Waals surface area (Å²) in [5, 5.41) is 2.65. The third kappa shape index (κ3) is 6.64. The van der Waals surface area contributed by atoms with Crippen LogP contribution in [0, 0.1) is 11.8 Å². The topological polar surface area (TPSA) is 98.8 Å². The molecule has 1 heterocycles. The Kier molecular flexibility index (Phi) is 6.22. The highest BCUT2D eigenvalue weighted by molar-refractivity contribution is 7.91. The molecule has 1 N–H and O–H groups in total. The maximum atomic E-state index is 11.7. The number of sulfone groups is 1. The van der Waals surface area contributed by atoms with E-state index in [9.17, 15) is 18.0 Å². The van der Waals surface area contributed by atoms with Crippen molar-refractivity contribution in [1.29, 1.82) is 0 Å². The summed E-state index contributed by atoms with van der Waals surface area (Å²) in [6, 6.07) is 0. The summed E-state index contributed by atoms with van der Waals surface area (Å²) in [6.45, 7) is 5.57. The van der Waals surface area contributed by atoms with Gasteiger partial charge >= 0.3 is 12.1 Å². The Bertz CT molecular complexity index is 508. The fourth-order valence-corrected chi connectivity index (χ4v) is 4.30. The third-order valence-electron chi connectivity index (χ3n) is 3.50. The van der Waals surface area contributed by atoms with Crippen molar-refractivity contribution in [2.75, 3.05) is 25.2 Å². The van der Waals surface area contributed by atoms with Gasteiger partial charge in [0.25, 0.3) is 0 Å². The van der Waals surface area contributed by atoms with Crippen LogP contribution in [0.15, 0.2) is 0 Å². The first kappa shape index (κ1) is 18.7. The summed E-state index contributed by atoms with van der Waals surface area (Å²) >= 11 is 0. The van der Waals surface area contributed by atoms with Crippen LogP contribution in [-0.2, 0) is 24.1 Å². The van der Waals surface area contributed by atoms with E-state index in [4.69, 9.17) is 4.74 Å². The Hall–Kier alpha value is -1.31. The van der Waals surface area contributed by atoms with Gasteiger partial charge in [0.2, 0.25) is 0 Å². The van der Waals surface area contributed by atoms with Gasteiger partial charge in [-0.1, -0.05) is 0 Å². The van der Waals surface area contributed by atoms with Gasteiger partial charge in [0.15, 0.2) is 9.84 Å². The van der Waals surface area contributed by atoms with Crippen LogP contribution in [0.3, 0.4) is 0 Å². The van der Waals surface area contributed by atoms with Crippen LogP contribution < -0.4 is 5.32 Å². The van der Waals surface area contributed by atoms with E-state index in [1.807, 2.05) is 0 Å². The van der Waals surface area contributed by atoms with E-state index in [1.54, 1.807) is 20.8 Å². The number of carbonyl (C=O) groups is 2. The highest BCUT2D eigenvalue weighted by Crippen LogP contribution is 2.28. The molecule has 1 aliphatic heterocycles. The van der Waals surface area contributed by atoms with E-state index >= 15 is 0 Å². The van der Waals surface area contributed by atoms with Gasteiger partial charge in [-0.3, -0.25) is 4.79 Å². The number of ether oxygens (including phenoxy) is 2. The normalized spacial score (nSPS) is 24.4. The predicted molar refractivity (Wildman–Crippen MR) is 81.1 cm³/mol. The van der Waals surface area contributed by atoms with Gasteiger partial charge in [0.1, 0.15) is 5.60 Å². The van der Waals surface area contributed by atoms with Gasteiger partial charge in [-0.05, 0) is 39.0 Å². The average Bonchev–Trinajstić information content (AvgIpc) is 2.34. The lowest BCUT2D eigenvalue weighted by molar-refractivity contribution is -0.142. The lowest BCUT2D eigenvalue weighted by Gasteiger charge is -2.31. The largest absolute Gasteiger partial charge is 0.469 e. The number of alkyl carbamates (subject to hydrolysis) is 1. The van der Waals surface area contributed by atoms with E-state index in [2.05, 4.69) is 10.1 Å². The summed E-state index contributed by atoms with van der Waals surface area (Å²) in [5.74, 6) is -0.852. The van der Waals surface area contributed by atoms with Crippen LogP contribution in [0.2, 0.25) is 0 Å². The molecule has 0 radical (unpaired) electrons. The Balaban J connectivity index is 2.62. The van der Waals surface area contributed by atoms with Crippen LogP contribution in [0.4, 0.5) is 4.79 Å². The molecule has 0 aromatic heterocycles. The van der Waals surface area contributed by atoms with Crippen molar-refractivity contribution in [3.63, 3.8) is 0 Å². The van der Waals surface area contributed by atoms with Gasteiger partial charge < -0.3 is 14.8 Å². The maximum absolute atomic E-state index is 11.7. The van der Waals surface area contributed by atoms with Crippen molar-refractivity contribution in [3.05, 3.63) is 0 Å². The zero-order valence-corrected chi connectivity index (χ0v) is 14.4. The fraction of sp³-hybridized carbons (Fsp3) is 0.857. The van der Waals surface area contributed by atoms with Crippen LogP contribution >= 0.6 is 0 Å². The molecule has 2 unspecified atom stereocenters. The molecule has 2 atom stereocenters. The number of carbonyl (C=O) groups excluding carboxylic acids is 2. The minimum Gasteiger partial charge on any atom is -0.469 e. The zero-order chi connectivity index (χ0) is 17.0. The number of amides is 1. The smallest absolute Gasteiger partial charge is 0.407 e. The highest BCUT2D eigenvalue weighted by atomic mass is 32.2. The molecule has 0 aromatic carbocycles. The van der Waals surface area contributed by atoms with E-state index in [0.717, 1.165) is 0 Å². The first-order valence-electron chi connectivity index (χ1n) is 7.26. The Morgan fingerprint density at radius 1 is 1.23 bits per heavy atom. The van der Waals surface area contributed by atoms with Crippen molar-refractivity contribution >= 4 is 21.9 Å². The van der Waals surface area contributed by atoms with E-state index in [-0.39, 0.29) is 36.3 Å². The molecule has 22 heavy (non-hydrogen) atoms. The van der Waals surface area contributed by atoms with Gasteiger partial charge in [-0.2, -0.15) is 0 Å². The van der Waals surface area contributed by atoms with Crippen LogP contribution in [0.25, 0.3) is 0 Å². The second kappa shape index (κ2) is 7.30. The fourth-order valence-electron chi connectivity index (χ4n) is 2.43. The number of hydrogen-bond acceptors (Lipinski definition) is 6. The molecule has 0 spiro atoms. The summed E-state index contributed by atoms with van der Waals surface area (Å²) in [6.07, 6.45) is -0.0892. The van der Waals surface area contributed by atoms with Gasteiger partial charge in [-0.25, -0.2) is 13.2 Å². The quantitative estimate of drug-likeness (QED) is 0.773. The van der Waals surface area contributed by atoms with Crippen molar-refractivity contribution in [2.24, 2.45) is 11.8 Å². The van der Waals surface area contributed by atoms with Crippen molar-refractivity contribution in [3.8, 4) is 0 Å². The van der Waals surface area contributed by atoms with E-state index in [0.29, 0.717) is 6.42 Å². The molecule has 1 rings (SSSR count). The first-order valence-corrected chi connectivity index (χ1v) is 9.08. The average molecular weight is 335 g/mol. The molecular weight excluding hydrogens is 310 g/mol. The van der Waals surface area contributed by atoms with E-state index in [1.165, 1.54) is 7.11 Å². The SMILES string of the molecule is COC(=O)CC1CS(=O)(=O)CCC1CNC(=O)OC(C)(C)C. The number of hydrogen-bond donors (Lipinski definition) is 1. The lowest BCUT2D eigenvalue weighted by Crippen LogP contribution is -2.42. The van der Waals surface area contributed by atoms with Crippen LogP contribution in [-0.4, -0.2) is 51.2 Å². The number of methoxy groups -OCH3 is 1. The number of rotatable bonds is 4. The van der Waals surface area contributed by atoms with Crippen molar-refractivity contribution in [2.45, 2.75) is 39.2 Å². The highest BCUT2D eigenvalue weighted by Gasteiger charge is 2.35. The van der Waals surface area contributed by atoms with Crippen molar-refractivity contribution in [1.82, 2.24) is 5.32 Å². The molecule has 8 heteroatoms. The summed E-state index contributed by atoms with van der Waals surface area (Å²) in [5.41, 5.74) is -0.592. The standard InChI is InChI=1S/C14H25NO6S/c1-14(2,3)21-13(17)15-8-10-5-6-22(18,19)9-11(10)7-12(16)20-4/h10-11H,5-9H2,1-4H3,(H,15,17). The van der Waals surface area contributed by atoms with Crippen molar-refractivity contribution < 1.29 is 27.5 Å². The summed E-state index contributed by atoms with van der Waals surface area (Å²) in [4.78, 5) is 23.1. The van der Waals surface area contributed by atoms with Crippen LogP contribution in [0.5, 0.6) is 0 Å². The molecule has 0 aliphatic carbocycles. The lowest BCUT2D eigenvalue weighted by atomic mass is 9.88. The molecule has 0 aromatic rings. The van der Waals surface area contributed by atoms with Gasteiger partial charge in [-0.15, -0.1) is 0 Å². The van der Waals surface area contributed by atoms with Gasteiger partial charge in [0.05, 0.1) is 18.6 Å². The molecule has 0 saturated carbocycles. The molecule has 1 amide bonds. The molecule has 1 aliphatic rings. The van der Waals surface area contributed by atoms with E-state index < -0.39 is 27.5 Å². The van der Waals surface area contributed by atoms with Gasteiger partial charge in [0, 0.05) is 13.0 Å². The Morgan fingerprint density at radius 2 is 1.86 bits per heavy atom. The minimum absolute atomic E-state index is 0.0381. The number of nitrogens with one attached hydrogen (secondary N) is 1. The maximum Gasteiger partial charge on any atom is 0.407 e. The first-order chi connectivity index (χ1) is 10.0. The molecule has 7 nitrogen and oxygen atoms in total. The Morgan fingerprint density at radius 3 is 2.41 bits per heavy atom. The zero-order valence-electron chi connectivity index (χ0n) is 13.5. The Labute approximate surface area is 131 Å². The van der Waals surface area contributed by atoms with Crippen LogP contribution in [0.1, 0.15) is 33.6 Å².